The summed E-state index contributed by atoms with van der Waals surface area (Å²) < 4.78 is 5.82. The molecule has 0 radical (unpaired) electrons. The van der Waals surface area contributed by atoms with Crippen molar-refractivity contribution in [1.29, 1.82) is 0 Å². The number of carbonyl (C=O) groups excluding carboxylic acids is 4. The van der Waals surface area contributed by atoms with Gasteiger partial charge in [0.1, 0.15) is 0 Å². The number of halogens is 1. The number of hydrogen-bond acceptors (Lipinski definition) is 5. The minimum atomic E-state index is -0.644. The standard InChI is InChI=1S/C21H21BrN2O5/c1-13-11-17(7-8-18(13)22)24-20(27)12-29-21(28)10-9-19(26)23-16-5-3-15(4-6-16)14(2)25/h3-8,11H,9-10,12H2,1-2H3,(H,23,26)(H,24,27). The Kier molecular flexibility index (Phi) is 8.09. The van der Waals surface area contributed by atoms with E-state index < -0.39 is 18.5 Å². The molecule has 0 aliphatic rings. The molecular weight excluding hydrogens is 440 g/mol. The zero-order valence-electron chi connectivity index (χ0n) is 16.1. The highest BCUT2D eigenvalue weighted by Gasteiger charge is 2.11. The van der Waals surface area contributed by atoms with Gasteiger partial charge in [0.2, 0.25) is 5.91 Å². The molecule has 2 amide bonds. The van der Waals surface area contributed by atoms with Crippen LogP contribution in [-0.4, -0.2) is 30.2 Å². The van der Waals surface area contributed by atoms with Gasteiger partial charge in [0.15, 0.2) is 12.4 Å². The molecule has 0 aliphatic carbocycles. The minimum Gasteiger partial charge on any atom is -0.456 e. The van der Waals surface area contributed by atoms with Gasteiger partial charge in [0, 0.05) is 27.8 Å². The van der Waals surface area contributed by atoms with E-state index in [2.05, 4.69) is 26.6 Å². The highest BCUT2D eigenvalue weighted by molar-refractivity contribution is 9.10. The lowest BCUT2D eigenvalue weighted by atomic mass is 10.1. The number of carbonyl (C=O) groups is 4. The number of esters is 1. The van der Waals surface area contributed by atoms with Crippen molar-refractivity contribution in [1.82, 2.24) is 0 Å². The van der Waals surface area contributed by atoms with Gasteiger partial charge in [-0.05, 0) is 61.9 Å². The van der Waals surface area contributed by atoms with Crippen molar-refractivity contribution in [2.45, 2.75) is 26.7 Å². The molecule has 152 valence electrons. The summed E-state index contributed by atoms with van der Waals surface area (Å²) in [5.41, 5.74) is 2.63. The Bertz CT molecular complexity index is 925. The fraction of sp³-hybridized carbons (Fsp3) is 0.238. The van der Waals surface area contributed by atoms with Crippen LogP contribution in [0.15, 0.2) is 46.9 Å². The molecular formula is C21H21BrN2O5. The number of benzene rings is 2. The van der Waals surface area contributed by atoms with Crippen LogP contribution in [0.3, 0.4) is 0 Å². The number of amides is 2. The molecule has 0 atom stereocenters. The Labute approximate surface area is 176 Å². The van der Waals surface area contributed by atoms with Gasteiger partial charge in [-0.2, -0.15) is 0 Å². The number of Topliss-reactive ketones (excluding diaryl/α,β-unsaturated/α-hetero) is 1. The van der Waals surface area contributed by atoms with Crippen molar-refractivity contribution in [2.75, 3.05) is 17.2 Å². The Morgan fingerprint density at radius 1 is 0.897 bits per heavy atom. The maximum atomic E-state index is 11.9. The Hall–Kier alpha value is -3.00. The largest absolute Gasteiger partial charge is 0.456 e. The highest BCUT2D eigenvalue weighted by atomic mass is 79.9. The van der Waals surface area contributed by atoms with Crippen LogP contribution >= 0.6 is 15.9 Å². The summed E-state index contributed by atoms with van der Waals surface area (Å²) in [5, 5.41) is 5.26. The summed E-state index contributed by atoms with van der Waals surface area (Å²) in [6.07, 6.45) is -0.233. The molecule has 2 rings (SSSR count). The molecule has 0 aromatic heterocycles. The van der Waals surface area contributed by atoms with Gasteiger partial charge >= 0.3 is 5.97 Å². The molecule has 0 heterocycles. The van der Waals surface area contributed by atoms with Gasteiger partial charge in [-0.1, -0.05) is 15.9 Å². The number of ketones is 1. The Morgan fingerprint density at radius 3 is 2.14 bits per heavy atom. The zero-order chi connectivity index (χ0) is 21.4. The van der Waals surface area contributed by atoms with Crippen molar-refractivity contribution < 1.29 is 23.9 Å². The summed E-state index contributed by atoms with van der Waals surface area (Å²) in [6.45, 7) is 2.92. The van der Waals surface area contributed by atoms with Crippen LogP contribution in [0.25, 0.3) is 0 Å². The maximum Gasteiger partial charge on any atom is 0.306 e. The first kappa shape index (κ1) is 22.3. The van der Waals surface area contributed by atoms with Gasteiger partial charge in [0.25, 0.3) is 5.91 Å². The number of ether oxygens (including phenoxy) is 1. The first-order valence-electron chi connectivity index (χ1n) is 8.87. The molecule has 0 unspecified atom stereocenters. The Morgan fingerprint density at radius 2 is 1.52 bits per heavy atom. The van der Waals surface area contributed by atoms with Gasteiger partial charge in [-0.15, -0.1) is 0 Å². The lowest BCUT2D eigenvalue weighted by molar-refractivity contribution is -0.147. The van der Waals surface area contributed by atoms with E-state index >= 15 is 0 Å². The number of rotatable bonds is 8. The van der Waals surface area contributed by atoms with Crippen LogP contribution in [0.5, 0.6) is 0 Å². The molecule has 8 heteroatoms. The normalized spacial score (nSPS) is 10.2. The highest BCUT2D eigenvalue weighted by Crippen LogP contribution is 2.19. The molecule has 0 aliphatic heterocycles. The van der Waals surface area contributed by atoms with Gasteiger partial charge in [0.05, 0.1) is 6.42 Å². The van der Waals surface area contributed by atoms with E-state index in [1.165, 1.54) is 6.92 Å². The predicted octanol–water partition coefficient (Wildman–Crippen LogP) is 3.86. The summed E-state index contributed by atoms with van der Waals surface area (Å²) in [6, 6.07) is 11.8. The van der Waals surface area contributed by atoms with Crippen molar-refractivity contribution in [3.63, 3.8) is 0 Å². The molecule has 7 nitrogen and oxygen atoms in total. The van der Waals surface area contributed by atoms with Crippen LogP contribution in [0.1, 0.15) is 35.7 Å². The minimum absolute atomic E-state index is 0.0649. The van der Waals surface area contributed by atoms with Crippen molar-refractivity contribution >= 4 is 50.9 Å². The quantitative estimate of drug-likeness (QED) is 0.459. The third kappa shape index (κ3) is 7.50. The summed E-state index contributed by atoms with van der Waals surface area (Å²) in [7, 11) is 0. The average Bonchev–Trinajstić information content (AvgIpc) is 2.68. The van der Waals surface area contributed by atoms with Gasteiger partial charge in [-0.25, -0.2) is 0 Å². The number of aryl methyl sites for hydroxylation is 1. The maximum absolute atomic E-state index is 11.9. The van der Waals surface area contributed by atoms with E-state index in [0.29, 0.717) is 16.9 Å². The number of anilines is 2. The van der Waals surface area contributed by atoms with Crippen LogP contribution in [0.4, 0.5) is 11.4 Å². The van der Waals surface area contributed by atoms with Crippen LogP contribution in [0, 0.1) is 6.92 Å². The molecule has 0 spiro atoms. The van der Waals surface area contributed by atoms with E-state index in [1.54, 1.807) is 36.4 Å². The fourth-order valence-corrected chi connectivity index (χ4v) is 2.61. The van der Waals surface area contributed by atoms with Crippen LogP contribution in [-0.2, 0) is 19.1 Å². The molecule has 0 bridgehead atoms. The molecule has 29 heavy (non-hydrogen) atoms. The number of hydrogen-bond donors (Lipinski definition) is 2. The third-order valence-electron chi connectivity index (χ3n) is 3.94. The predicted molar refractivity (Wildman–Crippen MR) is 113 cm³/mol. The van der Waals surface area contributed by atoms with E-state index in [9.17, 15) is 19.2 Å². The van der Waals surface area contributed by atoms with Crippen LogP contribution < -0.4 is 10.6 Å². The molecule has 0 saturated carbocycles. The van der Waals surface area contributed by atoms with Crippen molar-refractivity contribution in [2.24, 2.45) is 0 Å². The molecule has 0 fully saturated rings. The third-order valence-corrected chi connectivity index (χ3v) is 4.83. The SMILES string of the molecule is CC(=O)c1ccc(NC(=O)CCC(=O)OCC(=O)Nc2ccc(Br)c(C)c2)cc1. The van der Waals surface area contributed by atoms with Gasteiger partial charge < -0.3 is 15.4 Å². The fourth-order valence-electron chi connectivity index (χ4n) is 2.37. The second-order valence-electron chi connectivity index (χ2n) is 6.35. The van der Waals surface area contributed by atoms with E-state index in [-0.39, 0.29) is 24.5 Å². The lowest BCUT2D eigenvalue weighted by Crippen LogP contribution is -2.21. The van der Waals surface area contributed by atoms with Gasteiger partial charge in [-0.3, -0.25) is 19.2 Å². The second kappa shape index (κ2) is 10.5. The van der Waals surface area contributed by atoms with E-state index in [1.807, 2.05) is 13.0 Å². The summed E-state index contributed by atoms with van der Waals surface area (Å²) in [5.74, 6) is -1.54. The topological polar surface area (TPSA) is 102 Å². The average molecular weight is 461 g/mol. The molecule has 0 saturated heterocycles. The van der Waals surface area contributed by atoms with Crippen LogP contribution in [0.2, 0.25) is 0 Å². The molecule has 2 aromatic carbocycles. The summed E-state index contributed by atoms with van der Waals surface area (Å²) in [4.78, 5) is 46.7. The first-order chi connectivity index (χ1) is 13.7. The van der Waals surface area contributed by atoms with Crippen molar-refractivity contribution in [3.8, 4) is 0 Å². The number of nitrogens with one attached hydrogen (secondary N) is 2. The smallest absolute Gasteiger partial charge is 0.306 e. The van der Waals surface area contributed by atoms with E-state index in [4.69, 9.17) is 4.74 Å². The Balaban J connectivity index is 1.70. The summed E-state index contributed by atoms with van der Waals surface area (Å²) >= 11 is 3.38. The zero-order valence-corrected chi connectivity index (χ0v) is 17.7. The van der Waals surface area contributed by atoms with Crippen molar-refractivity contribution in [3.05, 3.63) is 58.1 Å². The first-order valence-corrected chi connectivity index (χ1v) is 9.66. The second-order valence-corrected chi connectivity index (χ2v) is 7.21. The lowest BCUT2D eigenvalue weighted by Gasteiger charge is -2.08. The molecule has 2 aromatic rings. The monoisotopic (exact) mass is 460 g/mol. The van der Waals surface area contributed by atoms with E-state index in [0.717, 1.165) is 10.0 Å². The molecule has 2 N–H and O–H groups in total.